The third-order valence-electron chi connectivity index (χ3n) is 3.64. The predicted octanol–water partition coefficient (Wildman–Crippen LogP) is 3.12. The van der Waals surface area contributed by atoms with Crippen molar-refractivity contribution < 1.29 is 4.42 Å². The van der Waals surface area contributed by atoms with E-state index in [1.165, 1.54) is 0 Å². The molecule has 0 aliphatic heterocycles. The standard InChI is InChI=1S/C17H13N3O2/c1-10-8-20-9-14(19-16(20)11(2)18-10)13-7-12-5-3-4-6-15(12)22-17(13)21/h3-9H,1-2H3. The first-order valence-electron chi connectivity index (χ1n) is 6.98. The molecule has 0 saturated carbocycles. The van der Waals surface area contributed by atoms with Crippen LogP contribution < -0.4 is 5.63 Å². The van der Waals surface area contributed by atoms with Crippen LogP contribution in [0.2, 0.25) is 0 Å². The zero-order chi connectivity index (χ0) is 15.3. The largest absolute Gasteiger partial charge is 0.422 e. The summed E-state index contributed by atoms with van der Waals surface area (Å²) in [5.41, 5.74) is 3.72. The van der Waals surface area contributed by atoms with Crippen LogP contribution in [0.1, 0.15) is 11.4 Å². The molecule has 0 unspecified atom stereocenters. The van der Waals surface area contributed by atoms with E-state index in [0.29, 0.717) is 16.8 Å². The van der Waals surface area contributed by atoms with E-state index in [9.17, 15) is 4.79 Å². The normalized spacial score (nSPS) is 11.4. The monoisotopic (exact) mass is 291 g/mol. The summed E-state index contributed by atoms with van der Waals surface area (Å²) in [7, 11) is 0. The van der Waals surface area contributed by atoms with Crippen molar-refractivity contribution in [3.8, 4) is 11.3 Å². The summed E-state index contributed by atoms with van der Waals surface area (Å²) in [5, 5.41) is 0.875. The SMILES string of the molecule is Cc1cn2cc(-c3cc4ccccc4oc3=O)nc2c(C)n1. The molecule has 0 aliphatic carbocycles. The van der Waals surface area contributed by atoms with Crippen LogP contribution in [-0.2, 0) is 0 Å². The maximum absolute atomic E-state index is 12.2. The van der Waals surface area contributed by atoms with Gasteiger partial charge in [0, 0.05) is 17.8 Å². The lowest BCUT2D eigenvalue weighted by atomic mass is 10.1. The van der Waals surface area contributed by atoms with Gasteiger partial charge in [0.2, 0.25) is 0 Å². The molecule has 4 aromatic rings. The Balaban J connectivity index is 2.00. The number of aryl methyl sites for hydroxylation is 2. The zero-order valence-corrected chi connectivity index (χ0v) is 12.2. The molecule has 5 nitrogen and oxygen atoms in total. The van der Waals surface area contributed by atoms with E-state index in [2.05, 4.69) is 9.97 Å². The minimum absolute atomic E-state index is 0.385. The molecule has 0 fully saturated rings. The highest BCUT2D eigenvalue weighted by molar-refractivity contribution is 5.81. The number of nitrogens with zero attached hydrogens (tertiary/aromatic N) is 3. The van der Waals surface area contributed by atoms with E-state index in [1.54, 1.807) is 6.07 Å². The van der Waals surface area contributed by atoms with Crippen molar-refractivity contribution in [2.45, 2.75) is 13.8 Å². The molecule has 0 amide bonds. The third-order valence-corrected chi connectivity index (χ3v) is 3.64. The fourth-order valence-electron chi connectivity index (χ4n) is 2.67. The summed E-state index contributed by atoms with van der Waals surface area (Å²) in [6, 6.07) is 9.26. The van der Waals surface area contributed by atoms with Crippen molar-refractivity contribution >= 4 is 16.6 Å². The Morgan fingerprint density at radius 3 is 2.77 bits per heavy atom. The summed E-state index contributed by atoms with van der Waals surface area (Å²) < 4.78 is 7.27. The molecule has 0 radical (unpaired) electrons. The molecule has 0 aliphatic rings. The average Bonchev–Trinajstić information content (AvgIpc) is 2.90. The number of benzene rings is 1. The number of imidazole rings is 1. The summed E-state index contributed by atoms with van der Waals surface area (Å²) in [6.07, 6.45) is 3.72. The molecule has 3 heterocycles. The number of para-hydroxylation sites is 1. The average molecular weight is 291 g/mol. The first-order chi connectivity index (χ1) is 10.6. The highest BCUT2D eigenvalue weighted by Gasteiger charge is 2.13. The quantitative estimate of drug-likeness (QED) is 0.505. The van der Waals surface area contributed by atoms with Crippen LogP contribution >= 0.6 is 0 Å². The summed E-state index contributed by atoms with van der Waals surface area (Å²) in [6.45, 7) is 3.83. The molecule has 22 heavy (non-hydrogen) atoms. The second kappa shape index (κ2) is 4.53. The lowest BCUT2D eigenvalue weighted by Gasteiger charge is -1.98. The Morgan fingerprint density at radius 1 is 1.09 bits per heavy atom. The van der Waals surface area contributed by atoms with E-state index in [-0.39, 0.29) is 5.63 Å². The molecule has 5 heteroatoms. The van der Waals surface area contributed by atoms with E-state index in [0.717, 1.165) is 22.4 Å². The van der Waals surface area contributed by atoms with Gasteiger partial charge in [-0.3, -0.25) is 4.98 Å². The number of fused-ring (bicyclic) bond motifs is 2. The van der Waals surface area contributed by atoms with Crippen molar-refractivity contribution in [2.75, 3.05) is 0 Å². The predicted molar refractivity (Wildman–Crippen MR) is 83.9 cm³/mol. The topological polar surface area (TPSA) is 60.4 Å². The fraction of sp³-hybridized carbons (Fsp3) is 0.118. The van der Waals surface area contributed by atoms with E-state index >= 15 is 0 Å². The lowest BCUT2D eigenvalue weighted by Crippen LogP contribution is -2.02. The molecule has 1 aromatic carbocycles. The molecule has 0 bridgehead atoms. The highest BCUT2D eigenvalue weighted by atomic mass is 16.4. The smallest absolute Gasteiger partial charge is 0.345 e. The van der Waals surface area contributed by atoms with Gasteiger partial charge in [-0.25, -0.2) is 9.78 Å². The van der Waals surface area contributed by atoms with Gasteiger partial charge >= 0.3 is 5.63 Å². The molecule has 0 atom stereocenters. The Morgan fingerprint density at radius 2 is 1.91 bits per heavy atom. The lowest BCUT2D eigenvalue weighted by molar-refractivity contribution is 0.563. The van der Waals surface area contributed by atoms with Crippen molar-refractivity contribution in [3.63, 3.8) is 0 Å². The van der Waals surface area contributed by atoms with E-state index < -0.39 is 0 Å². The molecular weight excluding hydrogens is 278 g/mol. The maximum Gasteiger partial charge on any atom is 0.345 e. The van der Waals surface area contributed by atoms with Crippen LogP contribution in [0.4, 0.5) is 0 Å². The minimum atomic E-state index is -0.385. The first kappa shape index (κ1) is 12.8. The van der Waals surface area contributed by atoms with Crippen LogP contribution in [0.5, 0.6) is 0 Å². The van der Waals surface area contributed by atoms with Crippen LogP contribution in [0.15, 0.2) is 51.9 Å². The second-order valence-corrected chi connectivity index (χ2v) is 5.31. The summed E-state index contributed by atoms with van der Waals surface area (Å²) in [4.78, 5) is 21.2. The van der Waals surface area contributed by atoms with Gasteiger partial charge in [0.25, 0.3) is 0 Å². The van der Waals surface area contributed by atoms with Gasteiger partial charge in [0.15, 0.2) is 5.65 Å². The third kappa shape index (κ3) is 1.90. The van der Waals surface area contributed by atoms with Gasteiger partial charge in [-0.15, -0.1) is 0 Å². The second-order valence-electron chi connectivity index (χ2n) is 5.31. The number of hydrogen-bond acceptors (Lipinski definition) is 4. The highest BCUT2D eigenvalue weighted by Crippen LogP contribution is 2.21. The van der Waals surface area contributed by atoms with Crippen LogP contribution in [0, 0.1) is 13.8 Å². The van der Waals surface area contributed by atoms with Crippen molar-refractivity contribution in [1.82, 2.24) is 14.4 Å². The molecule has 108 valence electrons. The van der Waals surface area contributed by atoms with Crippen LogP contribution in [-0.4, -0.2) is 14.4 Å². The van der Waals surface area contributed by atoms with Crippen molar-refractivity contribution in [2.24, 2.45) is 0 Å². The Bertz CT molecular complexity index is 1080. The summed E-state index contributed by atoms with van der Waals surface area (Å²) in [5.74, 6) is 0. The molecular formula is C17H13N3O2. The van der Waals surface area contributed by atoms with Gasteiger partial charge < -0.3 is 8.82 Å². The van der Waals surface area contributed by atoms with Gasteiger partial charge in [-0.1, -0.05) is 18.2 Å². The zero-order valence-electron chi connectivity index (χ0n) is 12.2. The van der Waals surface area contributed by atoms with Gasteiger partial charge in [-0.2, -0.15) is 0 Å². The molecule has 4 rings (SSSR count). The van der Waals surface area contributed by atoms with Gasteiger partial charge in [0.05, 0.1) is 22.6 Å². The van der Waals surface area contributed by atoms with E-state index in [1.807, 2.05) is 54.9 Å². The first-order valence-corrected chi connectivity index (χ1v) is 6.98. The number of rotatable bonds is 1. The fourth-order valence-corrected chi connectivity index (χ4v) is 2.67. The van der Waals surface area contributed by atoms with Gasteiger partial charge in [0.1, 0.15) is 5.58 Å². The summed E-state index contributed by atoms with van der Waals surface area (Å²) >= 11 is 0. The number of aromatic nitrogens is 3. The number of hydrogen-bond donors (Lipinski definition) is 0. The maximum atomic E-state index is 12.2. The van der Waals surface area contributed by atoms with Crippen LogP contribution in [0.3, 0.4) is 0 Å². The Hall–Kier alpha value is -2.95. The molecule has 0 saturated heterocycles. The minimum Gasteiger partial charge on any atom is -0.422 e. The Labute approximate surface area is 125 Å². The Kier molecular flexibility index (Phi) is 2.63. The van der Waals surface area contributed by atoms with Crippen LogP contribution in [0.25, 0.3) is 27.9 Å². The van der Waals surface area contributed by atoms with Crippen molar-refractivity contribution in [1.29, 1.82) is 0 Å². The van der Waals surface area contributed by atoms with E-state index in [4.69, 9.17) is 4.42 Å². The molecule has 3 aromatic heterocycles. The molecule has 0 N–H and O–H groups in total. The molecule has 0 spiro atoms. The van der Waals surface area contributed by atoms with Crippen molar-refractivity contribution in [3.05, 3.63) is 64.5 Å². The van der Waals surface area contributed by atoms with Gasteiger partial charge in [-0.05, 0) is 26.0 Å².